The van der Waals surface area contributed by atoms with E-state index in [4.69, 9.17) is 4.74 Å². The largest absolute Gasteiger partial charge is 0.496 e. The lowest BCUT2D eigenvalue weighted by molar-refractivity contribution is 0.413. The second kappa shape index (κ2) is 4.15. The third-order valence-electron chi connectivity index (χ3n) is 2.26. The molecule has 0 radical (unpaired) electrons. The Balaban J connectivity index is 2.33. The summed E-state index contributed by atoms with van der Waals surface area (Å²) in [4.78, 5) is 0. The van der Waals surface area contributed by atoms with E-state index in [2.05, 4.69) is 33.4 Å². The van der Waals surface area contributed by atoms with E-state index in [0.717, 1.165) is 28.9 Å². The predicted octanol–water partition coefficient (Wildman–Crippen LogP) is 2.44. The Hall–Kier alpha value is -0.800. The molecule has 1 N–H and O–H groups in total. The molecular weight excluding hydrogens is 242 g/mol. The summed E-state index contributed by atoms with van der Waals surface area (Å²) >= 11 is 3.45. The fraction of sp³-hybridized carbons (Fsp3) is 0.273. The Bertz CT molecular complexity index is 368. The summed E-state index contributed by atoms with van der Waals surface area (Å²) in [6, 6.07) is 6.03. The highest BCUT2D eigenvalue weighted by molar-refractivity contribution is 9.10. The molecule has 1 aromatic rings. The van der Waals surface area contributed by atoms with Gasteiger partial charge in [0.15, 0.2) is 0 Å². The van der Waals surface area contributed by atoms with Crippen LogP contribution in [0.2, 0.25) is 0 Å². The summed E-state index contributed by atoms with van der Waals surface area (Å²) in [5, 5.41) is 3.21. The van der Waals surface area contributed by atoms with Gasteiger partial charge in [0.2, 0.25) is 0 Å². The summed E-state index contributed by atoms with van der Waals surface area (Å²) in [5.41, 5.74) is 2.56. The molecule has 2 nitrogen and oxygen atoms in total. The van der Waals surface area contributed by atoms with Crippen LogP contribution in [0, 0.1) is 0 Å². The van der Waals surface area contributed by atoms with Crippen LogP contribution in [0.3, 0.4) is 0 Å². The highest BCUT2D eigenvalue weighted by Gasteiger charge is 2.08. The normalized spacial score (nSPS) is 14.9. The molecule has 2 rings (SSSR count). The van der Waals surface area contributed by atoms with Crippen LogP contribution in [0.4, 0.5) is 0 Å². The van der Waals surface area contributed by atoms with E-state index >= 15 is 0 Å². The number of methoxy groups -OCH3 is 1. The van der Waals surface area contributed by atoms with Gasteiger partial charge in [0.25, 0.3) is 0 Å². The number of hydrogen-bond donors (Lipinski definition) is 1. The van der Waals surface area contributed by atoms with Crippen LogP contribution in [-0.2, 0) is 0 Å². The van der Waals surface area contributed by atoms with Crippen molar-refractivity contribution in [3.8, 4) is 5.75 Å². The topological polar surface area (TPSA) is 21.3 Å². The van der Waals surface area contributed by atoms with Gasteiger partial charge >= 0.3 is 0 Å². The molecule has 0 aromatic heterocycles. The van der Waals surface area contributed by atoms with Gasteiger partial charge in [0.05, 0.1) is 7.11 Å². The van der Waals surface area contributed by atoms with Gasteiger partial charge in [-0.2, -0.15) is 0 Å². The molecule has 1 heterocycles. The first-order valence-electron chi connectivity index (χ1n) is 4.53. The summed E-state index contributed by atoms with van der Waals surface area (Å²) in [6.45, 7) is 1.99. The Labute approximate surface area is 92.1 Å². The molecule has 0 bridgehead atoms. The minimum Gasteiger partial charge on any atom is -0.496 e. The minimum absolute atomic E-state index is 0.924. The van der Waals surface area contributed by atoms with Gasteiger partial charge in [-0.1, -0.05) is 15.9 Å². The lowest BCUT2D eigenvalue weighted by Crippen LogP contribution is -2.33. The first-order valence-corrected chi connectivity index (χ1v) is 5.32. The number of ether oxygens (including phenoxy) is 1. The van der Waals surface area contributed by atoms with E-state index in [1.54, 1.807) is 7.11 Å². The van der Waals surface area contributed by atoms with Crippen LogP contribution in [0.25, 0.3) is 6.08 Å². The van der Waals surface area contributed by atoms with Gasteiger partial charge < -0.3 is 10.1 Å². The highest BCUT2D eigenvalue weighted by atomic mass is 79.9. The smallest absolute Gasteiger partial charge is 0.126 e. The van der Waals surface area contributed by atoms with Crippen LogP contribution < -0.4 is 10.1 Å². The zero-order valence-corrected chi connectivity index (χ0v) is 9.60. The van der Waals surface area contributed by atoms with E-state index in [1.165, 1.54) is 5.57 Å². The third-order valence-corrected chi connectivity index (χ3v) is 2.75. The number of rotatable bonds is 2. The molecule has 1 aromatic carbocycles. The molecule has 1 fully saturated rings. The highest BCUT2D eigenvalue weighted by Crippen LogP contribution is 2.25. The molecular formula is C11H12BrNO. The molecule has 0 atom stereocenters. The molecule has 0 spiro atoms. The summed E-state index contributed by atoms with van der Waals surface area (Å²) in [7, 11) is 1.70. The van der Waals surface area contributed by atoms with Crippen LogP contribution in [0.15, 0.2) is 28.2 Å². The van der Waals surface area contributed by atoms with E-state index in [9.17, 15) is 0 Å². The van der Waals surface area contributed by atoms with Crippen molar-refractivity contribution >= 4 is 22.0 Å². The maximum absolute atomic E-state index is 5.28. The van der Waals surface area contributed by atoms with Crippen LogP contribution in [0.1, 0.15) is 5.56 Å². The lowest BCUT2D eigenvalue weighted by Gasteiger charge is -2.19. The Morgan fingerprint density at radius 1 is 1.43 bits per heavy atom. The van der Waals surface area contributed by atoms with Crippen molar-refractivity contribution < 1.29 is 4.74 Å². The van der Waals surface area contributed by atoms with Crippen molar-refractivity contribution in [1.82, 2.24) is 5.32 Å². The van der Waals surface area contributed by atoms with Crippen LogP contribution in [0.5, 0.6) is 5.75 Å². The Kier molecular flexibility index (Phi) is 2.89. The van der Waals surface area contributed by atoms with Gasteiger partial charge in [0.1, 0.15) is 5.75 Å². The Morgan fingerprint density at radius 3 is 2.79 bits per heavy atom. The molecule has 0 amide bonds. The van der Waals surface area contributed by atoms with Crippen molar-refractivity contribution in [3.63, 3.8) is 0 Å². The van der Waals surface area contributed by atoms with Gasteiger partial charge in [-0.3, -0.25) is 0 Å². The van der Waals surface area contributed by atoms with Gasteiger partial charge in [-0.05, 0) is 29.8 Å². The number of hydrogen-bond acceptors (Lipinski definition) is 2. The zero-order valence-electron chi connectivity index (χ0n) is 8.01. The van der Waals surface area contributed by atoms with Crippen molar-refractivity contribution in [2.24, 2.45) is 0 Å². The fourth-order valence-electron chi connectivity index (χ4n) is 1.41. The average molecular weight is 254 g/mol. The fourth-order valence-corrected chi connectivity index (χ4v) is 1.79. The average Bonchev–Trinajstić information content (AvgIpc) is 2.12. The van der Waals surface area contributed by atoms with Gasteiger partial charge in [0, 0.05) is 23.1 Å². The van der Waals surface area contributed by atoms with Crippen molar-refractivity contribution in [3.05, 3.63) is 33.8 Å². The second-order valence-corrected chi connectivity index (χ2v) is 4.21. The molecule has 0 aliphatic carbocycles. The summed E-state index contributed by atoms with van der Waals surface area (Å²) < 4.78 is 6.36. The lowest BCUT2D eigenvalue weighted by atomic mass is 10.1. The molecule has 1 aliphatic rings. The quantitative estimate of drug-likeness (QED) is 0.875. The first kappa shape index (κ1) is 9.74. The molecule has 1 aliphatic heterocycles. The van der Waals surface area contributed by atoms with E-state index in [-0.39, 0.29) is 0 Å². The minimum atomic E-state index is 0.924. The van der Waals surface area contributed by atoms with Crippen molar-refractivity contribution in [1.29, 1.82) is 0 Å². The SMILES string of the molecule is COc1ccc(Br)cc1C=C1CNC1. The van der Waals surface area contributed by atoms with Crippen LogP contribution >= 0.6 is 15.9 Å². The van der Waals surface area contributed by atoms with E-state index in [0.29, 0.717) is 0 Å². The molecule has 0 unspecified atom stereocenters. The zero-order chi connectivity index (χ0) is 9.97. The molecule has 14 heavy (non-hydrogen) atoms. The molecule has 74 valence electrons. The summed E-state index contributed by atoms with van der Waals surface area (Å²) in [5.74, 6) is 0.924. The Morgan fingerprint density at radius 2 is 2.21 bits per heavy atom. The predicted molar refractivity (Wildman–Crippen MR) is 61.5 cm³/mol. The summed E-state index contributed by atoms with van der Waals surface area (Å²) in [6.07, 6.45) is 2.18. The molecule has 0 saturated carbocycles. The maximum Gasteiger partial charge on any atom is 0.126 e. The molecule has 1 saturated heterocycles. The third kappa shape index (κ3) is 1.99. The molecule has 3 heteroatoms. The number of nitrogens with one attached hydrogen (secondary N) is 1. The second-order valence-electron chi connectivity index (χ2n) is 3.29. The van der Waals surface area contributed by atoms with Gasteiger partial charge in [-0.25, -0.2) is 0 Å². The van der Waals surface area contributed by atoms with E-state index < -0.39 is 0 Å². The standard InChI is InChI=1S/C11H12BrNO/c1-14-11-3-2-10(12)5-9(11)4-8-6-13-7-8/h2-5,13H,6-7H2,1H3. The number of benzene rings is 1. The maximum atomic E-state index is 5.28. The van der Waals surface area contributed by atoms with E-state index in [1.807, 2.05) is 12.1 Å². The van der Waals surface area contributed by atoms with Gasteiger partial charge in [-0.15, -0.1) is 0 Å². The number of halogens is 1. The van der Waals surface area contributed by atoms with Crippen molar-refractivity contribution in [2.45, 2.75) is 0 Å². The first-order chi connectivity index (χ1) is 6.79. The van der Waals surface area contributed by atoms with Crippen LogP contribution in [-0.4, -0.2) is 20.2 Å². The van der Waals surface area contributed by atoms with Crippen molar-refractivity contribution in [2.75, 3.05) is 20.2 Å². The monoisotopic (exact) mass is 253 g/mol.